The maximum atomic E-state index is 10.5. The third-order valence-corrected chi connectivity index (χ3v) is 2.35. The van der Waals surface area contributed by atoms with Crippen LogP contribution < -0.4 is 5.73 Å². The van der Waals surface area contributed by atoms with Crippen LogP contribution in [0.3, 0.4) is 0 Å². The van der Waals surface area contributed by atoms with Gasteiger partial charge in [0, 0.05) is 20.1 Å². The first kappa shape index (κ1) is 13.4. The summed E-state index contributed by atoms with van der Waals surface area (Å²) in [5.74, 6) is -0.193. The van der Waals surface area contributed by atoms with Crippen LogP contribution in [0.15, 0.2) is 0 Å². The Kier molecular flexibility index (Phi) is 7.42. The standard InChI is InChI=1S/C10H21NO3/c1-8(3-4-14-2)5-9(7-11)6-10(12)13/h8-9H,3-7,11H2,1-2H3,(H,12,13)/t8-,9+/m1/s1. The Morgan fingerprint density at radius 1 is 1.57 bits per heavy atom. The third kappa shape index (κ3) is 6.86. The predicted molar refractivity (Wildman–Crippen MR) is 55.1 cm³/mol. The Balaban J connectivity index is 3.73. The van der Waals surface area contributed by atoms with Crippen molar-refractivity contribution in [3.05, 3.63) is 0 Å². The molecule has 4 heteroatoms. The largest absolute Gasteiger partial charge is 0.481 e. The Morgan fingerprint density at radius 2 is 2.21 bits per heavy atom. The molecule has 0 fully saturated rings. The summed E-state index contributed by atoms with van der Waals surface area (Å²) in [5.41, 5.74) is 5.50. The Morgan fingerprint density at radius 3 is 2.64 bits per heavy atom. The Labute approximate surface area is 85.4 Å². The first-order valence-electron chi connectivity index (χ1n) is 5.01. The summed E-state index contributed by atoms with van der Waals surface area (Å²) >= 11 is 0. The minimum atomic E-state index is -0.764. The van der Waals surface area contributed by atoms with Crippen LogP contribution in [0.4, 0.5) is 0 Å². The molecule has 0 aliphatic carbocycles. The van der Waals surface area contributed by atoms with E-state index in [0.717, 1.165) is 19.4 Å². The summed E-state index contributed by atoms with van der Waals surface area (Å²) in [6, 6.07) is 0. The Bertz CT molecular complexity index is 161. The number of hydrogen-bond donors (Lipinski definition) is 2. The van der Waals surface area contributed by atoms with Crippen molar-refractivity contribution in [3.63, 3.8) is 0 Å². The molecule has 0 aromatic heterocycles. The monoisotopic (exact) mass is 203 g/mol. The lowest BCUT2D eigenvalue weighted by molar-refractivity contribution is -0.138. The van der Waals surface area contributed by atoms with Crippen LogP contribution in [0, 0.1) is 11.8 Å². The van der Waals surface area contributed by atoms with Crippen LogP contribution in [-0.4, -0.2) is 31.3 Å². The number of methoxy groups -OCH3 is 1. The minimum absolute atomic E-state index is 0.0966. The summed E-state index contributed by atoms with van der Waals surface area (Å²) in [6.45, 7) is 3.28. The van der Waals surface area contributed by atoms with Crippen molar-refractivity contribution in [2.45, 2.75) is 26.2 Å². The van der Waals surface area contributed by atoms with Crippen molar-refractivity contribution in [3.8, 4) is 0 Å². The molecule has 2 atom stereocenters. The van der Waals surface area contributed by atoms with Crippen LogP contribution in [-0.2, 0) is 9.53 Å². The molecule has 84 valence electrons. The average Bonchev–Trinajstić information content (AvgIpc) is 2.12. The molecule has 0 spiro atoms. The molecule has 0 saturated heterocycles. The van der Waals surface area contributed by atoms with Crippen LogP contribution in [0.1, 0.15) is 26.2 Å². The average molecular weight is 203 g/mol. The zero-order valence-corrected chi connectivity index (χ0v) is 9.03. The second-order valence-electron chi connectivity index (χ2n) is 3.82. The van der Waals surface area contributed by atoms with Gasteiger partial charge in [-0.2, -0.15) is 0 Å². The van der Waals surface area contributed by atoms with Crippen LogP contribution in [0.25, 0.3) is 0 Å². The SMILES string of the molecule is COCC[C@@H](C)C[C@H](CN)CC(=O)O. The first-order chi connectivity index (χ1) is 6.60. The lowest BCUT2D eigenvalue weighted by Crippen LogP contribution is -2.20. The van der Waals surface area contributed by atoms with Crippen molar-refractivity contribution in [1.82, 2.24) is 0 Å². The lowest BCUT2D eigenvalue weighted by atomic mass is 9.91. The molecule has 0 rings (SSSR count). The van der Waals surface area contributed by atoms with Crippen molar-refractivity contribution in [1.29, 1.82) is 0 Å². The van der Waals surface area contributed by atoms with E-state index >= 15 is 0 Å². The molecule has 0 amide bonds. The van der Waals surface area contributed by atoms with E-state index < -0.39 is 5.97 Å². The zero-order valence-electron chi connectivity index (χ0n) is 9.03. The van der Waals surface area contributed by atoms with Gasteiger partial charge in [-0.15, -0.1) is 0 Å². The fourth-order valence-electron chi connectivity index (χ4n) is 1.52. The van der Waals surface area contributed by atoms with E-state index in [-0.39, 0.29) is 12.3 Å². The summed E-state index contributed by atoms with van der Waals surface area (Å²) in [7, 11) is 1.67. The van der Waals surface area contributed by atoms with Gasteiger partial charge in [-0.25, -0.2) is 0 Å². The van der Waals surface area contributed by atoms with Gasteiger partial charge >= 0.3 is 5.97 Å². The lowest BCUT2D eigenvalue weighted by Gasteiger charge is -2.17. The van der Waals surface area contributed by atoms with Crippen LogP contribution >= 0.6 is 0 Å². The second-order valence-corrected chi connectivity index (χ2v) is 3.82. The summed E-state index contributed by atoms with van der Waals surface area (Å²) < 4.78 is 4.96. The molecular formula is C10H21NO3. The highest BCUT2D eigenvalue weighted by molar-refractivity contribution is 5.67. The van der Waals surface area contributed by atoms with Gasteiger partial charge in [0.2, 0.25) is 0 Å². The van der Waals surface area contributed by atoms with Gasteiger partial charge in [0.1, 0.15) is 0 Å². The van der Waals surface area contributed by atoms with Gasteiger partial charge in [-0.1, -0.05) is 6.92 Å². The molecule has 0 aromatic rings. The number of rotatable bonds is 8. The molecule has 0 bridgehead atoms. The molecule has 0 radical (unpaired) electrons. The maximum absolute atomic E-state index is 10.5. The smallest absolute Gasteiger partial charge is 0.303 e. The van der Waals surface area contributed by atoms with Crippen molar-refractivity contribution >= 4 is 5.97 Å². The maximum Gasteiger partial charge on any atom is 0.303 e. The van der Waals surface area contributed by atoms with Gasteiger partial charge in [-0.3, -0.25) is 4.79 Å². The predicted octanol–water partition coefficient (Wildman–Crippen LogP) is 1.10. The van der Waals surface area contributed by atoms with E-state index in [4.69, 9.17) is 15.6 Å². The second kappa shape index (κ2) is 7.76. The van der Waals surface area contributed by atoms with Gasteiger partial charge in [0.05, 0.1) is 0 Å². The van der Waals surface area contributed by atoms with E-state index in [2.05, 4.69) is 6.92 Å². The van der Waals surface area contributed by atoms with Crippen LogP contribution in [0.2, 0.25) is 0 Å². The third-order valence-electron chi connectivity index (χ3n) is 2.35. The van der Waals surface area contributed by atoms with E-state index in [1.807, 2.05) is 0 Å². The van der Waals surface area contributed by atoms with E-state index in [0.29, 0.717) is 12.5 Å². The quantitative estimate of drug-likeness (QED) is 0.619. The highest BCUT2D eigenvalue weighted by Gasteiger charge is 2.14. The molecule has 0 unspecified atom stereocenters. The van der Waals surface area contributed by atoms with Gasteiger partial charge in [0.15, 0.2) is 0 Å². The van der Waals surface area contributed by atoms with Crippen molar-refractivity contribution < 1.29 is 14.6 Å². The first-order valence-corrected chi connectivity index (χ1v) is 5.01. The van der Waals surface area contributed by atoms with E-state index in [1.165, 1.54) is 0 Å². The van der Waals surface area contributed by atoms with Gasteiger partial charge < -0.3 is 15.6 Å². The number of aliphatic carboxylic acids is 1. The zero-order chi connectivity index (χ0) is 11.0. The highest BCUT2D eigenvalue weighted by atomic mass is 16.5. The number of nitrogens with two attached hydrogens (primary N) is 1. The Hall–Kier alpha value is -0.610. The summed E-state index contributed by atoms with van der Waals surface area (Å²) in [4.78, 5) is 10.5. The molecule has 3 N–H and O–H groups in total. The fraction of sp³-hybridized carbons (Fsp3) is 0.900. The van der Waals surface area contributed by atoms with Gasteiger partial charge in [0.25, 0.3) is 0 Å². The number of carbonyl (C=O) groups is 1. The van der Waals surface area contributed by atoms with Crippen LogP contribution in [0.5, 0.6) is 0 Å². The topological polar surface area (TPSA) is 72.5 Å². The van der Waals surface area contributed by atoms with Crippen molar-refractivity contribution in [2.24, 2.45) is 17.6 Å². The molecule has 4 nitrogen and oxygen atoms in total. The number of hydrogen-bond acceptors (Lipinski definition) is 3. The van der Waals surface area contributed by atoms with Crippen molar-refractivity contribution in [2.75, 3.05) is 20.3 Å². The minimum Gasteiger partial charge on any atom is -0.481 e. The number of carboxylic acids is 1. The summed E-state index contributed by atoms with van der Waals surface area (Å²) in [6.07, 6.45) is 2.01. The summed E-state index contributed by atoms with van der Waals surface area (Å²) in [5, 5.41) is 8.62. The van der Waals surface area contributed by atoms with E-state index in [1.54, 1.807) is 7.11 Å². The molecule has 0 saturated carbocycles. The molecule has 0 aliphatic heterocycles. The number of carboxylic acid groups (broad SMARTS) is 1. The normalized spacial score (nSPS) is 15.1. The molecule has 14 heavy (non-hydrogen) atoms. The van der Waals surface area contributed by atoms with Gasteiger partial charge in [-0.05, 0) is 31.2 Å². The fourth-order valence-corrected chi connectivity index (χ4v) is 1.52. The molecule has 0 aromatic carbocycles. The number of ether oxygens (including phenoxy) is 1. The molecule has 0 aliphatic rings. The molecular weight excluding hydrogens is 182 g/mol. The van der Waals surface area contributed by atoms with E-state index in [9.17, 15) is 4.79 Å². The highest BCUT2D eigenvalue weighted by Crippen LogP contribution is 2.17. The molecule has 0 heterocycles.